The van der Waals surface area contributed by atoms with Crippen molar-refractivity contribution in [2.45, 2.75) is 57.9 Å². The van der Waals surface area contributed by atoms with Crippen molar-refractivity contribution in [3.05, 3.63) is 28.7 Å². The van der Waals surface area contributed by atoms with Crippen LogP contribution in [0.1, 0.15) is 47.0 Å². The van der Waals surface area contributed by atoms with Crippen molar-refractivity contribution in [1.82, 2.24) is 9.71 Å². The van der Waals surface area contributed by atoms with Crippen molar-refractivity contribution < 1.29 is 8.42 Å². The van der Waals surface area contributed by atoms with Crippen molar-refractivity contribution in [3.8, 4) is 0 Å². The van der Waals surface area contributed by atoms with Crippen molar-refractivity contribution in [2.75, 3.05) is 0 Å². The molecule has 21 heavy (non-hydrogen) atoms. The Labute approximate surface area is 126 Å². The van der Waals surface area contributed by atoms with Crippen LogP contribution in [0.25, 0.3) is 0 Å². The fourth-order valence-corrected chi connectivity index (χ4v) is 5.11. The summed E-state index contributed by atoms with van der Waals surface area (Å²) < 4.78 is 27.5. The third kappa shape index (κ3) is 3.95. The average Bonchev–Trinajstić information content (AvgIpc) is 2.23. The third-order valence-electron chi connectivity index (χ3n) is 3.95. The molecule has 1 aliphatic rings. The fourth-order valence-electron chi connectivity index (χ4n) is 3.82. The Bertz CT molecular complexity index is 658. The van der Waals surface area contributed by atoms with Gasteiger partial charge in [-0.2, -0.15) is 0 Å². The molecule has 0 bridgehead atoms. The topological polar surface area (TPSA) is 79.0 Å². The molecule has 0 radical (unpaired) electrons. The van der Waals surface area contributed by atoms with E-state index in [2.05, 4.69) is 37.4 Å². The molecule has 118 valence electrons. The minimum absolute atomic E-state index is 0.0814. The van der Waals surface area contributed by atoms with Crippen LogP contribution >= 0.6 is 0 Å². The maximum Gasteiger partial charge on any atom is 0.246 e. The lowest BCUT2D eigenvalue weighted by Gasteiger charge is -2.44. The molecule has 2 rings (SSSR count). The van der Waals surface area contributed by atoms with E-state index in [9.17, 15) is 13.2 Å². The van der Waals surface area contributed by atoms with E-state index in [4.69, 9.17) is 0 Å². The number of aromatic amines is 1. The van der Waals surface area contributed by atoms with Gasteiger partial charge in [0.1, 0.15) is 4.90 Å². The van der Waals surface area contributed by atoms with Gasteiger partial charge in [0.25, 0.3) is 0 Å². The normalized spacial score (nSPS) is 22.1. The van der Waals surface area contributed by atoms with E-state index in [1.54, 1.807) is 0 Å². The van der Waals surface area contributed by atoms with Gasteiger partial charge in [-0.25, -0.2) is 13.1 Å². The molecule has 0 saturated heterocycles. The Morgan fingerprint density at radius 2 is 1.76 bits per heavy atom. The second-order valence-electron chi connectivity index (χ2n) is 7.60. The monoisotopic (exact) mass is 312 g/mol. The number of hydrogen-bond donors (Lipinski definition) is 2. The largest absolute Gasteiger partial charge is 0.366 e. The lowest BCUT2D eigenvalue weighted by atomic mass is 9.64. The molecule has 1 aliphatic carbocycles. The second kappa shape index (κ2) is 5.25. The minimum atomic E-state index is -3.78. The van der Waals surface area contributed by atoms with Gasteiger partial charge in [0.2, 0.25) is 15.5 Å². The molecule has 0 aliphatic heterocycles. The zero-order valence-corrected chi connectivity index (χ0v) is 13.9. The van der Waals surface area contributed by atoms with Crippen LogP contribution in [0.15, 0.2) is 28.2 Å². The lowest BCUT2D eigenvalue weighted by molar-refractivity contribution is 0.0934. The highest BCUT2D eigenvalue weighted by Crippen LogP contribution is 2.45. The zero-order chi connectivity index (χ0) is 15.9. The number of pyridine rings is 1. The summed E-state index contributed by atoms with van der Waals surface area (Å²) in [6, 6.07) is 1.08. The summed E-state index contributed by atoms with van der Waals surface area (Å²) in [7, 11) is -3.78. The van der Waals surface area contributed by atoms with Crippen LogP contribution in [0.2, 0.25) is 0 Å². The fraction of sp³-hybridized carbons (Fsp3) is 0.667. The summed E-state index contributed by atoms with van der Waals surface area (Å²) in [5.74, 6) is 0. The van der Waals surface area contributed by atoms with E-state index in [1.807, 2.05) is 0 Å². The smallest absolute Gasteiger partial charge is 0.246 e. The predicted octanol–water partition coefficient (Wildman–Crippen LogP) is 2.26. The van der Waals surface area contributed by atoms with Crippen LogP contribution in [0.5, 0.6) is 0 Å². The molecule has 6 heteroatoms. The van der Waals surface area contributed by atoms with Crippen molar-refractivity contribution in [2.24, 2.45) is 10.8 Å². The Balaban J connectivity index is 2.25. The van der Waals surface area contributed by atoms with E-state index in [1.165, 1.54) is 18.5 Å². The van der Waals surface area contributed by atoms with E-state index in [0.29, 0.717) is 0 Å². The highest BCUT2D eigenvalue weighted by atomic mass is 32.2. The second-order valence-corrected chi connectivity index (χ2v) is 9.29. The first-order chi connectivity index (χ1) is 9.51. The van der Waals surface area contributed by atoms with Gasteiger partial charge in [-0.3, -0.25) is 4.79 Å². The lowest BCUT2D eigenvalue weighted by Crippen LogP contribution is -2.46. The average molecular weight is 312 g/mol. The predicted molar refractivity (Wildman–Crippen MR) is 82.6 cm³/mol. The van der Waals surface area contributed by atoms with Crippen LogP contribution in [0.3, 0.4) is 0 Å². The summed E-state index contributed by atoms with van der Waals surface area (Å²) in [5, 5.41) is 0. The van der Waals surface area contributed by atoms with E-state index >= 15 is 0 Å². The van der Waals surface area contributed by atoms with Crippen molar-refractivity contribution in [3.63, 3.8) is 0 Å². The quantitative estimate of drug-likeness (QED) is 0.898. The molecule has 1 heterocycles. The number of H-pyrrole nitrogens is 1. The first-order valence-corrected chi connectivity index (χ1v) is 8.69. The number of sulfonamides is 1. The molecule has 1 aromatic rings. The molecule has 0 atom stereocenters. The first kappa shape index (κ1) is 16.2. The molecule has 0 aromatic carbocycles. The number of hydrogen-bond acceptors (Lipinski definition) is 3. The summed E-state index contributed by atoms with van der Waals surface area (Å²) in [6.07, 6.45) is 5.28. The Morgan fingerprint density at radius 3 is 2.29 bits per heavy atom. The Kier molecular flexibility index (Phi) is 4.06. The molecule has 0 unspecified atom stereocenters. The molecule has 1 aromatic heterocycles. The zero-order valence-electron chi connectivity index (χ0n) is 13.1. The molecule has 0 spiro atoms. The Morgan fingerprint density at radius 1 is 1.19 bits per heavy atom. The van der Waals surface area contributed by atoms with Gasteiger partial charge in [-0.15, -0.1) is 0 Å². The van der Waals surface area contributed by atoms with Gasteiger partial charge in [0.05, 0.1) is 0 Å². The van der Waals surface area contributed by atoms with E-state index in [0.717, 1.165) is 19.3 Å². The van der Waals surface area contributed by atoms with Crippen LogP contribution in [-0.4, -0.2) is 19.4 Å². The van der Waals surface area contributed by atoms with Crippen LogP contribution < -0.4 is 10.2 Å². The third-order valence-corrected chi connectivity index (χ3v) is 5.50. The highest BCUT2D eigenvalue weighted by molar-refractivity contribution is 7.89. The summed E-state index contributed by atoms with van der Waals surface area (Å²) in [6.45, 7) is 8.63. The molecular formula is C15H24N2O3S. The van der Waals surface area contributed by atoms with Crippen LogP contribution in [-0.2, 0) is 10.0 Å². The molecule has 1 fully saturated rings. The molecule has 0 amide bonds. The van der Waals surface area contributed by atoms with Crippen molar-refractivity contribution >= 4 is 10.0 Å². The molecule has 1 saturated carbocycles. The molecule has 2 N–H and O–H groups in total. The number of rotatable bonds is 3. The summed E-state index contributed by atoms with van der Waals surface area (Å²) >= 11 is 0. The van der Waals surface area contributed by atoms with Crippen molar-refractivity contribution in [1.29, 1.82) is 0 Å². The number of aromatic nitrogens is 1. The van der Waals surface area contributed by atoms with Gasteiger partial charge >= 0.3 is 0 Å². The van der Waals surface area contributed by atoms with E-state index < -0.39 is 15.5 Å². The standard InChI is InChI=1S/C15H24N2O3S/c1-14(2)7-11(8-15(3,4)10-14)17-21(19,20)13-9-16-6-5-12(13)18/h5-6,9,11,17H,7-8,10H2,1-4H3,(H,16,18). The van der Waals surface area contributed by atoms with E-state index in [-0.39, 0.29) is 21.8 Å². The van der Waals surface area contributed by atoms with Gasteiger partial charge in [-0.1, -0.05) is 27.7 Å². The number of nitrogens with one attached hydrogen (secondary N) is 2. The van der Waals surface area contributed by atoms with Gasteiger partial charge in [0.15, 0.2) is 0 Å². The van der Waals surface area contributed by atoms with Gasteiger partial charge in [-0.05, 0) is 30.1 Å². The summed E-state index contributed by atoms with van der Waals surface area (Å²) in [5.41, 5.74) is -0.327. The molecular weight excluding hydrogens is 288 g/mol. The van der Waals surface area contributed by atoms with Crippen LogP contribution in [0, 0.1) is 10.8 Å². The van der Waals surface area contributed by atoms with Gasteiger partial charge in [0, 0.05) is 24.5 Å². The maximum absolute atomic E-state index is 12.4. The first-order valence-electron chi connectivity index (χ1n) is 7.20. The van der Waals surface area contributed by atoms with Gasteiger partial charge < -0.3 is 4.98 Å². The SMILES string of the molecule is CC1(C)CC(NS(=O)(=O)c2c[nH]ccc2=O)CC(C)(C)C1. The highest BCUT2D eigenvalue weighted by Gasteiger charge is 2.40. The Hall–Kier alpha value is -1.14. The molecule has 5 nitrogen and oxygen atoms in total. The van der Waals surface area contributed by atoms with Crippen LogP contribution in [0.4, 0.5) is 0 Å². The minimum Gasteiger partial charge on any atom is -0.366 e. The summed E-state index contributed by atoms with van der Waals surface area (Å²) in [4.78, 5) is 14.2. The maximum atomic E-state index is 12.4.